The van der Waals surface area contributed by atoms with Gasteiger partial charge in [0.1, 0.15) is 0 Å². The van der Waals surface area contributed by atoms with E-state index in [0.717, 1.165) is 16.5 Å². The minimum Gasteiger partial charge on any atom is -0.289 e. The number of carbonyl (C=O) groups excluding carboxylic acids is 1. The molecule has 0 aromatic carbocycles. The summed E-state index contributed by atoms with van der Waals surface area (Å²) in [5.41, 5.74) is 4.44. The van der Waals surface area contributed by atoms with Gasteiger partial charge in [-0.15, -0.1) is 16.9 Å². The van der Waals surface area contributed by atoms with Crippen molar-refractivity contribution in [3.8, 4) is 0 Å². The number of amides is 1. The second-order valence-electron chi connectivity index (χ2n) is 4.31. The minimum atomic E-state index is -0.445. The van der Waals surface area contributed by atoms with Crippen molar-refractivity contribution in [2.45, 2.75) is 25.4 Å². The van der Waals surface area contributed by atoms with Crippen LogP contribution >= 0.6 is 11.8 Å². The molecule has 106 valence electrons. The minimum absolute atomic E-state index is 0.210. The van der Waals surface area contributed by atoms with Crippen molar-refractivity contribution in [3.05, 3.63) is 35.3 Å². The van der Waals surface area contributed by atoms with E-state index >= 15 is 0 Å². The van der Waals surface area contributed by atoms with Crippen LogP contribution < -0.4 is 11.3 Å². The summed E-state index contributed by atoms with van der Waals surface area (Å²) in [5, 5.41) is 8.59. The highest BCUT2D eigenvalue weighted by molar-refractivity contribution is 7.99. The van der Waals surface area contributed by atoms with Crippen LogP contribution in [0.25, 0.3) is 0 Å². The van der Waals surface area contributed by atoms with Gasteiger partial charge in [-0.05, 0) is 31.5 Å². The lowest BCUT2D eigenvalue weighted by Gasteiger charge is -2.03. The van der Waals surface area contributed by atoms with E-state index in [-0.39, 0.29) is 5.69 Å². The fourth-order valence-electron chi connectivity index (χ4n) is 1.71. The van der Waals surface area contributed by atoms with Gasteiger partial charge in [0.25, 0.3) is 5.91 Å². The van der Waals surface area contributed by atoms with Gasteiger partial charge >= 0.3 is 0 Å². The number of aryl methyl sites for hydroxylation is 3. The molecule has 0 saturated heterocycles. The van der Waals surface area contributed by atoms with Crippen molar-refractivity contribution in [2.75, 3.05) is 5.75 Å². The predicted octanol–water partition coefficient (Wildman–Crippen LogP) is 0.686. The van der Waals surface area contributed by atoms with E-state index in [1.165, 1.54) is 5.56 Å². The van der Waals surface area contributed by atoms with Crippen molar-refractivity contribution in [2.24, 2.45) is 5.84 Å². The summed E-state index contributed by atoms with van der Waals surface area (Å²) in [6.07, 6.45) is 1.57. The lowest BCUT2D eigenvalue weighted by molar-refractivity contribution is 0.0948. The molecule has 1 amide bonds. The molecule has 2 aromatic heterocycles. The number of nitrogens with zero attached hydrogens (tertiary/aromatic N) is 4. The molecule has 0 bridgehead atoms. The largest absolute Gasteiger partial charge is 0.289 e. The van der Waals surface area contributed by atoms with Crippen LogP contribution in [0.5, 0.6) is 0 Å². The van der Waals surface area contributed by atoms with Gasteiger partial charge in [-0.3, -0.25) is 14.9 Å². The molecular formula is C12H16N6OS. The number of nitrogen functional groups attached to an aromatic ring is 1. The van der Waals surface area contributed by atoms with Crippen LogP contribution in [0, 0.1) is 13.8 Å². The fraction of sp³-hybridized carbons (Fsp3) is 0.333. The molecule has 3 N–H and O–H groups in total. The first-order valence-corrected chi connectivity index (χ1v) is 7.06. The number of aromatic nitrogens is 4. The second-order valence-corrected chi connectivity index (χ2v) is 5.43. The number of rotatable bonds is 5. The molecule has 0 aliphatic heterocycles. The number of hydrogen-bond donors (Lipinski definition) is 2. The SMILES string of the molecule is Cc1cc(C)nc(SCCn2cc(C(=O)NN)nn2)c1. The number of nitrogens with one attached hydrogen (secondary N) is 1. The average molecular weight is 292 g/mol. The Morgan fingerprint density at radius 3 is 2.95 bits per heavy atom. The molecule has 7 nitrogen and oxygen atoms in total. The van der Waals surface area contributed by atoms with Gasteiger partial charge in [0, 0.05) is 11.4 Å². The summed E-state index contributed by atoms with van der Waals surface area (Å²) in [7, 11) is 0. The van der Waals surface area contributed by atoms with E-state index in [2.05, 4.69) is 15.3 Å². The molecular weight excluding hydrogens is 276 g/mol. The zero-order chi connectivity index (χ0) is 14.5. The molecule has 0 aliphatic carbocycles. The van der Waals surface area contributed by atoms with Crippen LogP contribution in [0.2, 0.25) is 0 Å². The maximum absolute atomic E-state index is 11.2. The summed E-state index contributed by atoms with van der Waals surface area (Å²) in [4.78, 5) is 15.7. The zero-order valence-corrected chi connectivity index (χ0v) is 12.1. The molecule has 0 saturated carbocycles. The van der Waals surface area contributed by atoms with E-state index in [0.29, 0.717) is 6.54 Å². The Morgan fingerprint density at radius 1 is 1.45 bits per heavy atom. The van der Waals surface area contributed by atoms with Crippen LogP contribution in [0.15, 0.2) is 23.4 Å². The van der Waals surface area contributed by atoms with Crippen LogP contribution in [0.1, 0.15) is 21.7 Å². The molecule has 2 heterocycles. The number of hydrazine groups is 1. The number of hydrogen-bond acceptors (Lipinski definition) is 6. The number of nitrogens with two attached hydrogens (primary N) is 1. The van der Waals surface area contributed by atoms with Gasteiger partial charge in [0.05, 0.1) is 17.8 Å². The van der Waals surface area contributed by atoms with Gasteiger partial charge < -0.3 is 0 Å². The zero-order valence-electron chi connectivity index (χ0n) is 11.3. The van der Waals surface area contributed by atoms with Gasteiger partial charge in [0.15, 0.2) is 5.69 Å². The molecule has 0 unspecified atom stereocenters. The lowest BCUT2D eigenvalue weighted by atomic mass is 10.3. The Kier molecular flexibility index (Phi) is 4.70. The molecule has 0 atom stereocenters. The van der Waals surface area contributed by atoms with E-state index < -0.39 is 5.91 Å². The molecule has 0 fully saturated rings. The summed E-state index contributed by atoms with van der Waals surface area (Å²) < 4.78 is 1.61. The number of thioether (sulfide) groups is 1. The Balaban J connectivity index is 1.89. The van der Waals surface area contributed by atoms with Crippen LogP contribution in [0.3, 0.4) is 0 Å². The van der Waals surface area contributed by atoms with Crippen LogP contribution in [0.4, 0.5) is 0 Å². The smallest absolute Gasteiger partial charge is 0.287 e. The van der Waals surface area contributed by atoms with Gasteiger partial charge in [-0.25, -0.2) is 10.8 Å². The van der Waals surface area contributed by atoms with Crippen molar-refractivity contribution < 1.29 is 4.79 Å². The summed E-state index contributed by atoms with van der Waals surface area (Å²) in [5.74, 6) is 5.38. The Hall–Kier alpha value is -1.93. The third kappa shape index (κ3) is 3.78. The molecule has 2 rings (SSSR count). The third-order valence-corrected chi connectivity index (χ3v) is 3.44. The summed E-state index contributed by atoms with van der Waals surface area (Å²) in [6, 6.07) is 4.09. The highest BCUT2D eigenvalue weighted by atomic mass is 32.2. The number of carbonyl (C=O) groups is 1. The van der Waals surface area contributed by atoms with E-state index in [9.17, 15) is 4.79 Å². The van der Waals surface area contributed by atoms with E-state index in [4.69, 9.17) is 5.84 Å². The fourth-order valence-corrected chi connectivity index (χ4v) is 2.67. The van der Waals surface area contributed by atoms with Crippen molar-refractivity contribution >= 4 is 17.7 Å². The van der Waals surface area contributed by atoms with Crippen molar-refractivity contribution in [1.82, 2.24) is 25.4 Å². The highest BCUT2D eigenvalue weighted by Gasteiger charge is 2.08. The summed E-state index contributed by atoms with van der Waals surface area (Å²) >= 11 is 1.64. The van der Waals surface area contributed by atoms with E-state index in [1.54, 1.807) is 22.6 Å². The monoisotopic (exact) mass is 292 g/mol. The maximum Gasteiger partial charge on any atom is 0.287 e. The standard InChI is InChI=1S/C12H16N6OS/c1-8-5-9(2)14-11(6-8)20-4-3-18-7-10(16-17-18)12(19)15-13/h5-7H,3-4,13H2,1-2H3,(H,15,19). The first-order valence-electron chi connectivity index (χ1n) is 6.07. The maximum atomic E-state index is 11.2. The average Bonchev–Trinajstić information content (AvgIpc) is 2.85. The third-order valence-electron chi connectivity index (χ3n) is 2.55. The Bertz CT molecular complexity index is 591. The van der Waals surface area contributed by atoms with Gasteiger partial charge in [-0.2, -0.15) is 0 Å². The van der Waals surface area contributed by atoms with Gasteiger partial charge in [-0.1, -0.05) is 5.21 Å². The highest BCUT2D eigenvalue weighted by Crippen LogP contribution is 2.17. The van der Waals surface area contributed by atoms with E-state index in [1.807, 2.05) is 31.4 Å². The predicted molar refractivity (Wildman–Crippen MR) is 76.1 cm³/mol. The Morgan fingerprint density at radius 2 is 2.25 bits per heavy atom. The topological polar surface area (TPSA) is 98.7 Å². The first kappa shape index (κ1) is 14.5. The molecule has 0 aliphatic rings. The van der Waals surface area contributed by atoms with Crippen LogP contribution in [-0.2, 0) is 6.54 Å². The van der Waals surface area contributed by atoms with Crippen LogP contribution in [-0.4, -0.2) is 31.6 Å². The van der Waals surface area contributed by atoms with Gasteiger partial charge in [0.2, 0.25) is 0 Å². The number of pyridine rings is 1. The van der Waals surface area contributed by atoms with Crippen molar-refractivity contribution in [1.29, 1.82) is 0 Å². The quantitative estimate of drug-likeness (QED) is 0.364. The normalized spacial score (nSPS) is 10.6. The lowest BCUT2D eigenvalue weighted by Crippen LogP contribution is -2.30. The molecule has 0 spiro atoms. The molecule has 0 radical (unpaired) electrons. The second kappa shape index (κ2) is 6.49. The molecule has 20 heavy (non-hydrogen) atoms. The molecule has 8 heteroatoms. The summed E-state index contributed by atoms with van der Waals surface area (Å²) in [6.45, 7) is 4.67. The van der Waals surface area contributed by atoms with Crippen molar-refractivity contribution in [3.63, 3.8) is 0 Å². The first-order chi connectivity index (χ1) is 9.58. The molecule has 2 aromatic rings. The Labute approximate surface area is 120 Å².